The van der Waals surface area contributed by atoms with E-state index in [4.69, 9.17) is 23.2 Å². The van der Waals surface area contributed by atoms with Crippen molar-refractivity contribution in [3.63, 3.8) is 0 Å². The van der Waals surface area contributed by atoms with Crippen LogP contribution >= 0.6 is 34.5 Å². The molecule has 0 bridgehead atoms. The molecule has 2 aromatic rings. The van der Waals surface area contributed by atoms with Gasteiger partial charge in [0.25, 0.3) is 0 Å². The van der Waals surface area contributed by atoms with E-state index >= 15 is 0 Å². The van der Waals surface area contributed by atoms with Crippen LogP contribution in [0, 0.1) is 0 Å². The Morgan fingerprint density at radius 3 is 2.63 bits per heavy atom. The lowest BCUT2D eigenvalue weighted by Gasteiger charge is -2.20. The van der Waals surface area contributed by atoms with Crippen molar-refractivity contribution in [1.82, 2.24) is 9.88 Å². The Morgan fingerprint density at radius 2 is 2.00 bits per heavy atom. The molecule has 164 valence electrons. The first-order chi connectivity index (χ1) is 14.3. The number of halogens is 5. The van der Waals surface area contributed by atoms with Gasteiger partial charge in [-0.1, -0.05) is 61.0 Å². The Morgan fingerprint density at radius 1 is 1.27 bits per heavy atom. The zero-order valence-electron chi connectivity index (χ0n) is 16.6. The van der Waals surface area contributed by atoms with E-state index in [0.29, 0.717) is 30.5 Å². The molecule has 0 aliphatic rings. The van der Waals surface area contributed by atoms with E-state index in [0.717, 1.165) is 23.3 Å². The highest BCUT2D eigenvalue weighted by atomic mass is 35.5. The topological polar surface area (TPSA) is 28.2 Å². The summed E-state index contributed by atoms with van der Waals surface area (Å²) >= 11 is 12.5. The molecule has 1 heterocycles. The summed E-state index contributed by atoms with van der Waals surface area (Å²) in [5.74, 6) is 0.291. The molecular formula is C21H24Cl2F3N3S. The second-order valence-corrected chi connectivity index (χ2v) is 8.25. The van der Waals surface area contributed by atoms with Crippen LogP contribution in [0.4, 0.5) is 18.3 Å². The monoisotopic (exact) mass is 477 g/mol. The normalized spacial score (nSPS) is 12.8. The van der Waals surface area contributed by atoms with Crippen molar-refractivity contribution in [3.8, 4) is 0 Å². The number of likely N-dealkylation sites (N-methyl/N-ethyl adjacent to an activating group) is 1. The average molecular weight is 478 g/mol. The SMILES string of the molecule is CCN(CCc1ccccc1)Cc1sc(NC/C=C\C(Cl)=C/CCl)nc1C(F)(F)F. The zero-order chi connectivity index (χ0) is 22.0. The number of allylic oxidation sites excluding steroid dienone is 3. The lowest BCUT2D eigenvalue weighted by atomic mass is 10.1. The molecule has 3 nitrogen and oxygen atoms in total. The summed E-state index contributed by atoms with van der Waals surface area (Å²) < 4.78 is 40.5. The predicted molar refractivity (Wildman–Crippen MR) is 120 cm³/mol. The highest BCUT2D eigenvalue weighted by molar-refractivity contribution is 7.15. The minimum atomic E-state index is -4.49. The van der Waals surface area contributed by atoms with E-state index < -0.39 is 11.9 Å². The molecule has 0 atom stereocenters. The van der Waals surface area contributed by atoms with Crippen LogP contribution in [0.1, 0.15) is 23.1 Å². The van der Waals surface area contributed by atoms with Crippen molar-refractivity contribution < 1.29 is 13.2 Å². The molecule has 1 aromatic carbocycles. The van der Waals surface area contributed by atoms with E-state index in [1.54, 1.807) is 18.2 Å². The molecule has 30 heavy (non-hydrogen) atoms. The Balaban J connectivity index is 2.04. The first-order valence-corrected chi connectivity index (χ1v) is 11.2. The fourth-order valence-corrected chi connectivity index (χ4v) is 4.14. The minimum absolute atomic E-state index is 0.206. The predicted octanol–water partition coefficient (Wildman–Crippen LogP) is 6.56. The maximum Gasteiger partial charge on any atom is 0.434 e. The highest BCUT2D eigenvalue weighted by Crippen LogP contribution is 2.36. The third-order valence-corrected chi connectivity index (χ3v) is 5.69. The highest BCUT2D eigenvalue weighted by Gasteiger charge is 2.37. The zero-order valence-corrected chi connectivity index (χ0v) is 18.9. The van der Waals surface area contributed by atoms with Crippen molar-refractivity contribution in [2.45, 2.75) is 26.1 Å². The second kappa shape index (κ2) is 12.3. The molecule has 0 fully saturated rings. The summed E-state index contributed by atoms with van der Waals surface area (Å²) in [4.78, 5) is 6.00. The van der Waals surface area contributed by atoms with Crippen LogP contribution in [0.2, 0.25) is 0 Å². The molecule has 0 aliphatic carbocycles. The van der Waals surface area contributed by atoms with Gasteiger partial charge in [0.15, 0.2) is 10.8 Å². The Hall–Kier alpha value is -1.54. The molecule has 9 heteroatoms. The number of benzene rings is 1. The van der Waals surface area contributed by atoms with Crippen LogP contribution in [0.15, 0.2) is 53.6 Å². The van der Waals surface area contributed by atoms with Crippen molar-refractivity contribution in [3.05, 3.63) is 69.7 Å². The summed E-state index contributed by atoms with van der Waals surface area (Å²) in [5, 5.41) is 3.61. The third-order valence-electron chi connectivity index (χ3n) is 4.26. The van der Waals surface area contributed by atoms with Gasteiger partial charge in [-0.05, 0) is 24.6 Å². The van der Waals surface area contributed by atoms with Gasteiger partial charge in [-0.25, -0.2) is 4.98 Å². The summed E-state index contributed by atoms with van der Waals surface area (Å²) in [5.41, 5.74) is 0.338. The van der Waals surface area contributed by atoms with Gasteiger partial charge in [0, 0.05) is 30.5 Å². The van der Waals surface area contributed by atoms with Gasteiger partial charge in [0.2, 0.25) is 0 Å². The van der Waals surface area contributed by atoms with Crippen LogP contribution in [-0.2, 0) is 19.1 Å². The van der Waals surface area contributed by atoms with Crippen molar-refractivity contribution in [1.29, 1.82) is 0 Å². The van der Waals surface area contributed by atoms with E-state index in [1.165, 1.54) is 0 Å². The number of hydrogen-bond donors (Lipinski definition) is 1. The van der Waals surface area contributed by atoms with E-state index in [9.17, 15) is 13.2 Å². The van der Waals surface area contributed by atoms with Crippen LogP contribution in [0.3, 0.4) is 0 Å². The first kappa shape index (κ1) is 24.7. The number of rotatable bonds is 11. The van der Waals surface area contributed by atoms with Gasteiger partial charge in [0.05, 0.1) is 4.88 Å². The summed E-state index contributed by atoms with van der Waals surface area (Å²) in [6.45, 7) is 3.78. The molecule has 0 saturated heterocycles. The number of hydrogen-bond acceptors (Lipinski definition) is 4. The standard InChI is InChI=1S/C21H24Cl2F3N3S/c1-2-29(14-11-16-7-4-3-5-8-16)15-18-19(21(24,25)26)28-20(30-18)27-13-6-9-17(23)10-12-22/h3-10H,2,11-15H2,1H3,(H,27,28)/b9-6-,17-10+. The van der Waals surface area contributed by atoms with Crippen LogP contribution < -0.4 is 5.32 Å². The maximum atomic E-state index is 13.5. The van der Waals surface area contributed by atoms with Crippen molar-refractivity contribution >= 4 is 39.7 Å². The Kier molecular flexibility index (Phi) is 10.2. The van der Waals surface area contributed by atoms with Gasteiger partial charge in [-0.3, -0.25) is 4.90 Å². The first-order valence-electron chi connectivity index (χ1n) is 9.48. The van der Waals surface area contributed by atoms with E-state index in [-0.39, 0.29) is 16.6 Å². The largest absolute Gasteiger partial charge is 0.434 e. The average Bonchev–Trinajstić information content (AvgIpc) is 3.12. The summed E-state index contributed by atoms with van der Waals surface area (Å²) in [6, 6.07) is 9.90. The molecule has 0 aliphatic heterocycles. The number of anilines is 1. The van der Waals surface area contributed by atoms with Crippen LogP contribution in [-0.4, -0.2) is 35.4 Å². The lowest BCUT2D eigenvalue weighted by molar-refractivity contribution is -0.141. The lowest BCUT2D eigenvalue weighted by Crippen LogP contribution is -2.26. The van der Waals surface area contributed by atoms with Crippen molar-refractivity contribution in [2.75, 3.05) is 30.8 Å². The molecule has 0 saturated carbocycles. The second-order valence-electron chi connectivity index (χ2n) is 6.42. The maximum absolute atomic E-state index is 13.5. The fraction of sp³-hybridized carbons (Fsp3) is 0.381. The summed E-state index contributed by atoms with van der Waals surface area (Å²) in [6.07, 6.45) is 1.25. The molecule has 1 N–H and O–H groups in total. The van der Waals surface area contributed by atoms with Crippen LogP contribution in [0.5, 0.6) is 0 Å². The number of alkyl halides is 4. The van der Waals surface area contributed by atoms with Crippen molar-refractivity contribution in [2.24, 2.45) is 0 Å². The molecule has 0 spiro atoms. The van der Waals surface area contributed by atoms with Crippen LogP contribution in [0.25, 0.3) is 0 Å². The smallest absolute Gasteiger partial charge is 0.358 e. The fourth-order valence-electron chi connectivity index (χ4n) is 2.70. The van der Waals surface area contributed by atoms with Gasteiger partial charge in [-0.15, -0.1) is 22.9 Å². The van der Waals surface area contributed by atoms with Gasteiger partial charge in [-0.2, -0.15) is 13.2 Å². The third kappa shape index (κ3) is 8.30. The minimum Gasteiger partial charge on any atom is -0.358 e. The van der Waals surface area contributed by atoms with Gasteiger partial charge < -0.3 is 5.32 Å². The molecule has 0 unspecified atom stereocenters. The number of aromatic nitrogens is 1. The molecule has 2 rings (SSSR count). The van der Waals surface area contributed by atoms with Gasteiger partial charge in [0.1, 0.15) is 0 Å². The molecular weight excluding hydrogens is 454 g/mol. The Bertz CT molecular complexity index is 836. The van der Waals surface area contributed by atoms with E-state index in [1.807, 2.05) is 42.2 Å². The summed E-state index contributed by atoms with van der Waals surface area (Å²) in [7, 11) is 0. The molecule has 0 radical (unpaired) electrons. The number of nitrogens with one attached hydrogen (secondary N) is 1. The van der Waals surface area contributed by atoms with Gasteiger partial charge >= 0.3 is 6.18 Å². The molecule has 1 aromatic heterocycles. The van der Waals surface area contributed by atoms with E-state index in [2.05, 4.69) is 10.3 Å². The Labute approximate surface area is 189 Å². The number of nitrogens with zero attached hydrogens (tertiary/aromatic N) is 2. The molecule has 0 amide bonds. The number of thiazole rings is 1. The quantitative estimate of drug-likeness (QED) is 0.293.